The van der Waals surface area contributed by atoms with Crippen molar-refractivity contribution < 1.29 is 8.42 Å². The van der Waals surface area contributed by atoms with Crippen molar-refractivity contribution in [2.75, 3.05) is 6.26 Å². The van der Waals surface area contributed by atoms with Crippen LogP contribution in [-0.4, -0.2) is 23.4 Å². The van der Waals surface area contributed by atoms with E-state index in [1.54, 1.807) is 6.92 Å². The van der Waals surface area contributed by atoms with Gasteiger partial charge in [0.2, 0.25) is 0 Å². The standard InChI is InChI=1S/C5H8N2O2S2/c1-4-5(7-10-6-4)3-11(2,8)9/h3H2,1-2H3. The van der Waals surface area contributed by atoms with Gasteiger partial charge in [0.1, 0.15) is 0 Å². The van der Waals surface area contributed by atoms with Gasteiger partial charge in [0, 0.05) is 6.26 Å². The van der Waals surface area contributed by atoms with E-state index in [2.05, 4.69) is 8.75 Å². The Labute approximate surface area is 69.5 Å². The molecule has 6 heteroatoms. The Kier molecular flexibility index (Phi) is 2.24. The lowest BCUT2D eigenvalue weighted by atomic mass is 10.4. The molecule has 1 aromatic heterocycles. The molecule has 0 aromatic carbocycles. The van der Waals surface area contributed by atoms with Crippen LogP contribution in [0.15, 0.2) is 0 Å². The maximum absolute atomic E-state index is 10.8. The molecule has 0 aliphatic heterocycles. The highest BCUT2D eigenvalue weighted by molar-refractivity contribution is 7.89. The topological polar surface area (TPSA) is 59.9 Å². The normalized spacial score (nSPS) is 11.8. The van der Waals surface area contributed by atoms with Gasteiger partial charge < -0.3 is 0 Å². The van der Waals surface area contributed by atoms with Gasteiger partial charge in [0.15, 0.2) is 9.84 Å². The monoisotopic (exact) mass is 192 g/mol. The molecule has 0 bridgehead atoms. The van der Waals surface area contributed by atoms with Crippen LogP contribution < -0.4 is 0 Å². The van der Waals surface area contributed by atoms with Crippen LogP contribution in [0, 0.1) is 6.92 Å². The summed E-state index contributed by atoms with van der Waals surface area (Å²) in [6.07, 6.45) is 1.19. The SMILES string of the molecule is Cc1nsnc1CS(C)(=O)=O. The third-order valence-electron chi connectivity index (χ3n) is 1.15. The number of hydrogen-bond acceptors (Lipinski definition) is 5. The lowest BCUT2D eigenvalue weighted by Crippen LogP contribution is -2.02. The van der Waals surface area contributed by atoms with E-state index < -0.39 is 9.84 Å². The van der Waals surface area contributed by atoms with E-state index in [9.17, 15) is 8.42 Å². The van der Waals surface area contributed by atoms with Crippen molar-refractivity contribution in [3.63, 3.8) is 0 Å². The summed E-state index contributed by atoms with van der Waals surface area (Å²) in [5.74, 6) is -0.00463. The van der Waals surface area contributed by atoms with Gasteiger partial charge in [0.05, 0.1) is 28.9 Å². The van der Waals surface area contributed by atoms with Gasteiger partial charge in [-0.2, -0.15) is 8.75 Å². The molecular formula is C5H8N2O2S2. The molecule has 1 aromatic rings. The Morgan fingerprint density at radius 1 is 1.45 bits per heavy atom. The minimum Gasteiger partial charge on any atom is -0.229 e. The zero-order chi connectivity index (χ0) is 8.48. The Hall–Kier alpha value is -0.490. The second-order valence-electron chi connectivity index (χ2n) is 2.37. The predicted octanol–water partition coefficient (Wildman–Crippen LogP) is 0.391. The summed E-state index contributed by atoms with van der Waals surface area (Å²) in [5.41, 5.74) is 1.28. The van der Waals surface area contributed by atoms with E-state index in [1.165, 1.54) is 6.26 Å². The Bertz CT molecular complexity index is 341. The van der Waals surface area contributed by atoms with Crippen LogP contribution in [0.25, 0.3) is 0 Å². The molecule has 0 atom stereocenters. The number of aromatic nitrogens is 2. The molecule has 4 nitrogen and oxygen atoms in total. The average Bonchev–Trinajstić information content (AvgIpc) is 2.12. The third kappa shape index (κ3) is 2.55. The van der Waals surface area contributed by atoms with Gasteiger partial charge in [-0.3, -0.25) is 0 Å². The molecule has 0 spiro atoms. The van der Waals surface area contributed by atoms with E-state index in [1.807, 2.05) is 0 Å². The smallest absolute Gasteiger partial charge is 0.153 e. The van der Waals surface area contributed by atoms with Crippen LogP contribution in [0.5, 0.6) is 0 Å². The number of aryl methyl sites for hydroxylation is 1. The first kappa shape index (κ1) is 8.61. The Balaban J connectivity index is 2.89. The number of rotatable bonds is 2. The molecule has 0 unspecified atom stereocenters. The second kappa shape index (κ2) is 2.86. The number of nitrogens with zero attached hydrogens (tertiary/aromatic N) is 2. The summed E-state index contributed by atoms with van der Waals surface area (Å²) in [6.45, 7) is 1.75. The lowest BCUT2D eigenvalue weighted by Gasteiger charge is -1.92. The molecule has 0 aliphatic rings. The van der Waals surface area contributed by atoms with Crippen LogP contribution in [0.1, 0.15) is 11.4 Å². The fourth-order valence-electron chi connectivity index (χ4n) is 0.629. The maximum atomic E-state index is 10.8. The third-order valence-corrected chi connectivity index (χ3v) is 2.60. The van der Waals surface area contributed by atoms with Crippen LogP contribution in [0.4, 0.5) is 0 Å². The quantitative estimate of drug-likeness (QED) is 0.680. The fourth-order valence-corrected chi connectivity index (χ4v) is 2.04. The van der Waals surface area contributed by atoms with Gasteiger partial charge in [-0.05, 0) is 6.92 Å². The zero-order valence-corrected chi connectivity index (χ0v) is 7.87. The summed E-state index contributed by atoms with van der Waals surface area (Å²) in [6, 6.07) is 0. The summed E-state index contributed by atoms with van der Waals surface area (Å²) in [5, 5.41) is 0. The lowest BCUT2D eigenvalue weighted by molar-refractivity contribution is 0.600. The molecular weight excluding hydrogens is 184 g/mol. The van der Waals surface area contributed by atoms with Crippen LogP contribution in [-0.2, 0) is 15.6 Å². The van der Waals surface area contributed by atoms with Crippen molar-refractivity contribution in [1.29, 1.82) is 0 Å². The molecule has 11 heavy (non-hydrogen) atoms. The molecule has 0 saturated carbocycles. The van der Waals surface area contributed by atoms with Gasteiger partial charge >= 0.3 is 0 Å². The Morgan fingerprint density at radius 2 is 2.09 bits per heavy atom. The van der Waals surface area contributed by atoms with Crippen LogP contribution in [0.3, 0.4) is 0 Å². The highest BCUT2D eigenvalue weighted by atomic mass is 32.2. The summed E-state index contributed by atoms with van der Waals surface area (Å²) in [7, 11) is -2.97. The van der Waals surface area contributed by atoms with E-state index in [4.69, 9.17) is 0 Å². The van der Waals surface area contributed by atoms with E-state index in [0.717, 1.165) is 11.7 Å². The molecule has 0 aliphatic carbocycles. The highest BCUT2D eigenvalue weighted by Gasteiger charge is 2.09. The molecule has 0 radical (unpaired) electrons. The van der Waals surface area contributed by atoms with Crippen molar-refractivity contribution in [2.24, 2.45) is 0 Å². The van der Waals surface area contributed by atoms with Gasteiger partial charge in [-0.1, -0.05) is 0 Å². The van der Waals surface area contributed by atoms with Crippen molar-refractivity contribution in [3.8, 4) is 0 Å². The summed E-state index contributed by atoms with van der Waals surface area (Å²) < 4.78 is 29.3. The number of hydrogen-bond donors (Lipinski definition) is 0. The van der Waals surface area contributed by atoms with E-state index in [-0.39, 0.29) is 5.75 Å². The van der Waals surface area contributed by atoms with E-state index >= 15 is 0 Å². The molecule has 0 amide bonds. The van der Waals surface area contributed by atoms with Crippen LogP contribution >= 0.6 is 11.7 Å². The largest absolute Gasteiger partial charge is 0.229 e. The number of sulfone groups is 1. The summed E-state index contributed by atoms with van der Waals surface area (Å²) >= 11 is 1.04. The highest BCUT2D eigenvalue weighted by Crippen LogP contribution is 2.07. The molecule has 0 fully saturated rings. The molecule has 62 valence electrons. The van der Waals surface area contributed by atoms with Gasteiger partial charge in [-0.25, -0.2) is 8.42 Å². The molecule has 0 N–H and O–H groups in total. The summed E-state index contributed by atoms with van der Waals surface area (Å²) in [4.78, 5) is 0. The first-order valence-corrected chi connectivity index (χ1v) is 5.74. The first-order chi connectivity index (χ1) is 4.99. The molecule has 0 saturated heterocycles. The van der Waals surface area contributed by atoms with Gasteiger partial charge in [0.25, 0.3) is 0 Å². The van der Waals surface area contributed by atoms with Crippen LogP contribution in [0.2, 0.25) is 0 Å². The minimum atomic E-state index is -2.97. The molecule has 1 heterocycles. The van der Waals surface area contributed by atoms with Crippen molar-refractivity contribution in [3.05, 3.63) is 11.4 Å². The van der Waals surface area contributed by atoms with Gasteiger partial charge in [-0.15, -0.1) is 0 Å². The van der Waals surface area contributed by atoms with Crippen molar-refractivity contribution >= 4 is 21.6 Å². The maximum Gasteiger partial charge on any atom is 0.153 e. The Morgan fingerprint density at radius 3 is 2.45 bits per heavy atom. The van der Waals surface area contributed by atoms with Crippen molar-refractivity contribution in [1.82, 2.24) is 8.75 Å². The second-order valence-corrected chi connectivity index (χ2v) is 5.04. The average molecular weight is 192 g/mol. The fraction of sp³-hybridized carbons (Fsp3) is 0.600. The van der Waals surface area contributed by atoms with E-state index in [0.29, 0.717) is 11.4 Å². The minimum absolute atomic E-state index is 0.00463. The first-order valence-electron chi connectivity index (χ1n) is 2.95. The van der Waals surface area contributed by atoms with Crippen molar-refractivity contribution in [2.45, 2.75) is 12.7 Å². The predicted molar refractivity (Wildman–Crippen MR) is 43.2 cm³/mol. The molecule has 1 rings (SSSR count). The zero-order valence-electron chi connectivity index (χ0n) is 6.23.